The van der Waals surface area contributed by atoms with Crippen LogP contribution >= 0.6 is 0 Å². The second kappa shape index (κ2) is 6.89. The second-order valence-electron chi connectivity index (χ2n) is 5.70. The van der Waals surface area contributed by atoms with Crippen LogP contribution in [0.1, 0.15) is 29.2 Å². The molecule has 0 saturated heterocycles. The average molecular weight is 315 g/mol. The van der Waals surface area contributed by atoms with Crippen LogP contribution in [0.3, 0.4) is 0 Å². The maximum Gasteiger partial charge on any atom is 0.323 e. The molecule has 0 fully saturated rings. The molecule has 0 saturated carbocycles. The molecule has 2 amide bonds. The monoisotopic (exact) mass is 315 g/mol. The van der Waals surface area contributed by atoms with Crippen LogP contribution in [0.2, 0.25) is 0 Å². The minimum Gasteiger partial charge on any atom is -0.308 e. The Hall–Kier alpha value is -3.24. The number of nitrogens with one attached hydrogen (secondary N) is 1. The molecule has 0 aromatic heterocycles. The smallest absolute Gasteiger partial charge is 0.308 e. The zero-order chi connectivity index (χ0) is 16.9. The van der Waals surface area contributed by atoms with E-state index in [0.717, 1.165) is 12.8 Å². The van der Waals surface area contributed by atoms with Crippen molar-refractivity contribution in [1.82, 2.24) is 4.90 Å². The maximum absolute atomic E-state index is 12.7. The van der Waals surface area contributed by atoms with E-state index in [1.54, 1.807) is 29.2 Å². The van der Waals surface area contributed by atoms with Crippen molar-refractivity contribution in [2.45, 2.75) is 18.9 Å². The van der Waals surface area contributed by atoms with Gasteiger partial charge in [0.25, 0.3) is 0 Å². The van der Waals surface area contributed by atoms with Crippen LogP contribution in [0.5, 0.6) is 0 Å². The molecule has 2 aromatic rings. The molecule has 3 rings (SSSR count). The molecular formula is C20H17N3O. The largest absolute Gasteiger partial charge is 0.323 e. The number of carbonyl (C=O) groups is 1. The fourth-order valence-corrected chi connectivity index (χ4v) is 3.10. The number of fused-ring (bicyclic) bond motifs is 1. The molecule has 0 spiro atoms. The number of nitrogens with zero attached hydrogens (tertiary/aromatic N) is 2. The lowest BCUT2D eigenvalue weighted by atomic mass is 10.1. The number of anilines is 1. The lowest BCUT2D eigenvalue weighted by Crippen LogP contribution is -2.37. The lowest BCUT2D eigenvalue weighted by molar-refractivity contribution is 0.197. The number of terminal acetylenes is 1. The van der Waals surface area contributed by atoms with E-state index in [0.29, 0.717) is 11.3 Å². The molecule has 1 N–H and O–H groups in total. The fraction of sp³-hybridized carbons (Fsp3) is 0.200. The van der Waals surface area contributed by atoms with Gasteiger partial charge in [-0.15, -0.1) is 6.42 Å². The molecule has 0 radical (unpaired) electrons. The normalized spacial score (nSPS) is 15.0. The molecule has 0 unspecified atom stereocenters. The van der Waals surface area contributed by atoms with Gasteiger partial charge in [-0.1, -0.05) is 30.2 Å². The van der Waals surface area contributed by atoms with Crippen molar-refractivity contribution in [2.24, 2.45) is 0 Å². The van der Waals surface area contributed by atoms with E-state index < -0.39 is 0 Å². The molecule has 1 aliphatic rings. The third kappa shape index (κ3) is 3.09. The van der Waals surface area contributed by atoms with Crippen LogP contribution in [0, 0.1) is 23.7 Å². The second-order valence-corrected chi connectivity index (χ2v) is 5.70. The molecule has 24 heavy (non-hydrogen) atoms. The van der Waals surface area contributed by atoms with Gasteiger partial charge in [0.15, 0.2) is 0 Å². The third-order valence-corrected chi connectivity index (χ3v) is 4.27. The summed E-state index contributed by atoms with van der Waals surface area (Å²) in [5, 5.41) is 11.7. The van der Waals surface area contributed by atoms with Gasteiger partial charge in [-0.3, -0.25) is 0 Å². The molecular weight excluding hydrogens is 298 g/mol. The van der Waals surface area contributed by atoms with Crippen LogP contribution in [-0.4, -0.2) is 17.5 Å². The number of hydrogen-bond acceptors (Lipinski definition) is 2. The molecule has 1 aliphatic carbocycles. The Kier molecular flexibility index (Phi) is 4.50. The molecule has 0 aliphatic heterocycles. The Bertz CT molecular complexity index is 827. The summed E-state index contributed by atoms with van der Waals surface area (Å²) in [5.41, 5.74) is 3.64. The van der Waals surface area contributed by atoms with Crippen LogP contribution < -0.4 is 5.32 Å². The molecule has 118 valence electrons. The Labute approximate surface area is 141 Å². The minimum absolute atomic E-state index is 0.00404. The first-order valence-electron chi connectivity index (χ1n) is 7.82. The summed E-state index contributed by atoms with van der Waals surface area (Å²) < 4.78 is 0. The van der Waals surface area contributed by atoms with Gasteiger partial charge in [0.2, 0.25) is 0 Å². The van der Waals surface area contributed by atoms with E-state index in [4.69, 9.17) is 11.7 Å². The van der Waals surface area contributed by atoms with Crippen molar-refractivity contribution in [2.75, 3.05) is 11.9 Å². The summed E-state index contributed by atoms with van der Waals surface area (Å²) >= 11 is 0. The maximum atomic E-state index is 12.7. The summed E-state index contributed by atoms with van der Waals surface area (Å²) in [6, 6.07) is 16.8. The topological polar surface area (TPSA) is 56.1 Å². The molecule has 1 atom stereocenters. The zero-order valence-corrected chi connectivity index (χ0v) is 13.2. The van der Waals surface area contributed by atoms with Crippen molar-refractivity contribution in [3.05, 3.63) is 65.2 Å². The van der Waals surface area contributed by atoms with E-state index in [2.05, 4.69) is 29.4 Å². The van der Waals surface area contributed by atoms with Gasteiger partial charge in [-0.05, 0) is 48.2 Å². The third-order valence-electron chi connectivity index (χ3n) is 4.27. The van der Waals surface area contributed by atoms with E-state index >= 15 is 0 Å². The summed E-state index contributed by atoms with van der Waals surface area (Å²) in [4.78, 5) is 14.4. The van der Waals surface area contributed by atoms with E-state index in [1.807, 2.05) is 12.1 Å². The van der Waals surface area contributed by atoms with E-state index in [9.17, 15) is 4.79 Å². The minimum atomic E-state index is -0.223. The summed E-state index contributed by atoms with van der Waals surface area (Å²) in [7, 11) is 0. The van der Waals surface area contributed by atoms with Crippen LogP contribution in [0.25, 0.3) is 0 Å². The van der Waals surface area contributed by atoms with Gasteiger partial charge in [0, 0.05) is 5.69 Å². The highest BCUT2D eigenvalue weighted by molar-refractivity contribution is 5.90. The average Bonchev–Trinajstić information content (AvgIpc) is 3.04. The van der Waals surface area contributed by atoms with Gasteiger partial charge in [0.1, 0.15) is 0 Å². The highest BCUT2D eigenvalue weighted by Gasteiger charge is 2.30. The quantitative estimate of drug-likeness (QED) is 0.878. The predicted octanol–water partition coefficient (Wildman–Crippen LogP) is 3.71. The molecule has 0 bridgehead atoms. The molecule has 4 nitrogen and oxygen atoms in total. The Morgan fingerprint density at radius 2 is 2.00 bits per heavy atom. The highest BCUT2D eigenvalue weighted by atomic mass is 16.2. The van der Waals surface area contributed by atoms with Gasteiger partial charge >= 0.3 is 6.03 Å². The highest BCUT2D eigenvalue weighted by Crippen LogP contribution is 2.35. The Morgan fingerprint density at radius 1 is 1.25 bits per heavy atom. The number of hydrogen-bond donors (Lipinski definition) is 1. The number of benzene rings is 2. The first-order valence-corrected chi connectivity index (χ1v) is 7.82. The van der Waals surface area contributed by atoms with Gasteiger partial charge in [-0.2, -0.15) is 5.26 Å². The number of amides is 2. The SMILES string of the molecule is C#CCN(C(=O)Nc1ccc(C#N)cc1)[C@H]1CCc2ccccc21. The number of nitriles is 1. The first kappa shape index (κ1) is 15.6. The summed E-state index contributed by atoms with van der Waals surface area (Å²) in [6.45, 7) is 0.251. The van der Waals surface area contributed by atoms with Crippen LogP contribution in [-0.2, 0) is 6.42 Å². The van der Waals surface area contributed by atoms with Crippen molar-refractivity contribution in [3.8, 4) is 18.4 Å². The first-order chi connectivity index (χ1) is 11.7. The van der Waals surface area contributed by atoms with Gasteiger partial charge in [-0.25, -0.2) is 4.79 Å². The summed E-state index contributed by atoms with van der Waals surface area (Å²) in [5.74, 6) is 2.58. The number of carbonyl (C=O) groups excluding carboxylic acids is 1. The number of rotatable bonds is 3. The van der Waals surface area contributed by atoms with Crippen LogP contribution in [0.15, 0.2) is 48.5 Å². The van der Waals surface area contributed by atoms with Gasteiger partial charge < -0.3 is 10.2 Å². The standard InChI is InChI=1S/C20H17N3O/c1-2-13-23(19-12-9-16-5-3-4-6-18(16)19)20(24)22-17-10-7-15(14-21)8-11-17/h1,3-8,10-11,19H,9,12-13H2,(H,22,24)/t19-/m0/s1. The summed E-state index contributed by atoms with van der Waals surface area (Å²) in [6.07, 6.45) is 7.31. The van der Waals surface area contributed by atoms with Crippen molar-refractivity contribution in [3.63, 3.8) is 0 Å². The van der Waals surface area contributed by atoms with E-state index in [1.165, 1.54) is 11.1 Å². The van der Waals surface area contributed by atoms with Crippen LogP contribution in [0.4, 0.5) is 10.5 Å². The molecule has 0 heterocycles. The fourth-order valence-electron chi connectivity index (χ4n) is 3.10. The zero-order valence-electron chi connectivity index (χ0n) is 13.2. The number of urea groups is 1. The molecule has 4 heteroatoms. The van der Waals surface area contributed by atoms with Gasteiger partial charge in [0.05, 0.1) is 24.2 Å². The van der Waals surface area contributed by atoms with Crippen molar-refractivity contribution < 1.29 is 4.79 Å². The number of aryl methyl sites for hydroxylation is 1. The molecule has 2 aromatic carbocycles. The van der Waals surface area contributed by atoms with Crippen molar-refractivity contribution >= 4 is 11.7 Å². The Morgan fingerprint density at radius 3 is 2.71 bits per heavy atom. The lowest BCUT2D eigenvalue weighted by Gasteiger charge is -2.28. The Balaban J connectivity index is 1.79. The van der Waals surface area contributed by atoms with E-state index in [-0.39, 0.29) is 18.6 Å². The predicted molar refractivity (Wildman–Crippen MR) is 93.2 cm³/mol. The van der Waals surface area contributed by atoms with Crippen molar-refractivity contribution in [1.29, 1.82) is 5.26 Å².